The van der Waals surface area contributed by atoms with E-state index in [9.17, 15) is 13.2 Å². The molecule has 0 fully saturated rings. The number of hydrogen-bond donors (Lipinski definition) is 2. The number of nitrogens with zero attached hydrogens (tertiary/aromatic N) is 1. The predicted octanol–water partition coefficient (Wildman–Crippen LogP) is 4.14. The van der Waals surface area contributed by atoms with Crippen molar-refractivity contribution in [3.8, 4) is 0 Å². The number of halogens is 5. The lowest BCUT2D eigenvalue weighted by Crippen LogP contribution is -2.40. The van der Waals surface area contributed by atoms with E-state index >= 15 is 0 Å². The quantitative estimate of drug-likeness (QED) is 0.424. The predicted molar refractivity (Wildman–Crippen MR) is 90.5 cm³/mol. The lowest BCUT2D eigenvalue weighted by atomic mass is 10.1. The van der Waals surface area contributed by atoms with Crippen molar-refractivity contribution in [3.05, 3.63) is 34.9 Å². The van der Waals surface area contributed by atoms with Crippen LogP contribution in [-0.2, 0) is 0 Å². The Hall–Kier alpha value is -0.700. The minimum absolute atomic E-state index is 0. The van der Waals surface area contributed by atoms with Gasteiger partial charge in [-0.05, 0) is 18.6 Å². The standard InChI is InChI=1S/C13H17ClF3N3.HI/c1-9(10-5-3-4-6-11(10)14)20-12(18-2)19-8-7-13(15,16)17;/h3-6,9H,7-8H2,1-2H3,(H2,18,19,20);1H. The molecule has 0 aliphatic rings. The molecule has 1 atom stereocenters. The van der Waals surface area contributed by atoms with E-state index in [1.165, 1.54) is 7.05 Å². The van der Waals surface area contributed by atoms with Crippen molar-refractivity contribution < 1.29 is 13.2 Å². The van der Waals surface area contributed by atoms with Crippen molar-refractivity contribution in [2.75, 3.05) is 13.6 Å². The van der Waals surface area contributed by atoms with Gasteiger partial charge in [0.15, 0.2) is 5.96 Å². The number of alkyl halides is 3. The Bertz CT molecular complexity index is 466. The molecule has 0 aliphatic heterocycles. The summed E-state index contributed by atoms with van der Waals surface area (Å²) < 4.78 is 36.2. The van der Waals surface area contributed by atoms with Crippen LogP contribution in [0.2, 0.25) is 5.02 Å². The number of aliphatic imine (C=N–C) groups is 1. The zero-order valence-corrected chi connectivity index (χ0v) is 14.8. The van der Waals surface area contributed by atoms with Gasteiger partial charge in [0.2, 0.25) is 0 Å². The zero-order chi connectivity index (χ0) is 15.2. The summed E-state index contributed by atoms with van der Waals surface area (Å²) >= 11 is 6.06. The fourth-order valence-corrected chi connectivity index (χ4v) is 1.93. The van der Waals surface area contributed by atoms with Gasteiger partial charge < -0.3 is 10.6 Å². The van der Waals surface area contributed by atoms with Gasteiger partial charge in [0.05, 0.1) is 12.5 Å². The highest BCUT2D eigenvalue weighted by molar-refractivity contribution is 14.0. The van der Waals surface area contributed by atoms with Gasteiger partial charge in [-0.1, -0.05) is 29.8 Å². The Morgan fingerprint density at radius 1 is 1.33 bits per heavy atom. The summed E-state index contributed by atoms with van der Waals surface area (Å²) in [7, 11) is 1.50. The smallest absolute Gasteiger partial charge is 0.356 e. The van der Waals surface area contributed by atoms with Gasteiger partial charge in [0.25, 0.3) is 0 Å². The van der Waals surface area contributed by atoms with Gasteiger partial charge in [0, 0.05) is 18.6 Å². The topological polar surface area (TPSA) is 36.4 Å². The molecular weight excluding hydrogens is 418 g/mol. The molecule has 1 aromatic carbocycles. The largest absolute Gasteiger partial charge is 0.390 e. The van der Waals surface area contributed by atoms with Crippen molar-refractivity contribution in [1.29, 1.82) is 0 Å². The molecule has 3 nitrogen and oxygen atoms in total. The number of hydrogen-bond acceptors (Lipinski definition) is 1. The van der Waals surface area contributed by atoms with Crippen LogP contribution in [0.25, 0.3) is 0 Å². The first-order valence-electron chi connectivity index (χ1n) is 6.12. The van der Waals surface area contributed by atoms with Crippen molar-refractivity contribution in [1.82, 2.24) is 10.6 Å². The molecule has 1 aromatic rings. The van der Waals surface area contributed by atoms with E-state index in [0.29, 0.717) is 11.0 Å². The average molecular weight is 436 g/mol. The minimum Gasteiger partial charge on any atom is -0.356 e. The van der Waals surface area contributed by atoms with Crippen LogP contribution in [0, 0.1) is 0 Å². The third kappa shape index (κ3) is 7.75. The highest BCUT2D eigenvalue weighted by Gasteiger charge is 2.26. The molecule has 0 saturated heterocycles. The number of nitrogens with one attached hydrogen (secondary N) is 2. The molecule has 8 heteroatoms. The van der Waals surface area contributed by atoms with Crippen molar-refractivity contribution >= 4 is 41.5 Å². The molecule has 0 amide bonds. The van der Waals surface area contributed by atoms with Gasteiger partial charge in [0.1, 0.15) is 0 Å². The van der Waals surface area contributed by atoms with Gasteiger partial charge in [-0.3, -0.25) is 4.99 Å². The Kier molecular flexibility index (Phi) is 9.03. The van der Waals surface area contributed by atoms with E-state index < -0.39 is 12.6 Å². The third-order valence-corrected chi connectivity index (χ3v) is 2.99. The summed E-state index contributed by atoms with van der Waals surface area (Å²) in [4.78, 5) is 3.89. The molecule has 1 rings (SSSR count). The van der Waals surface area contributed by atoms with Crippen molar-refractivity contribution in [3.63, 3.8) is 0 Å². The normalized spacial score (nSPS) is 13.3. The van der Waals surface area contributed by atoms with E-state index in [2.05, 4.69) is 15.6 Å². The monoisotopic (exact) mass is 435 g/mol. The SMILES string of the molecule is CN=C(NCCC(F)(F)F)NC(C)c1ccccc1Cl.I. The van der Waals surface area contributed by atoms with Crippen LogP contribution in [-0.4, -0.2) is 25.7 Å². The molecular formula is C13H18ClF3IN3. The molecule has 0 radical (unpaired) electrons. The first kappa shape index (κ1) is 20.3. The van der Waals surface area contributed by atoms with E-state index in [1.54, 1.807) is 6.07 Å². The maximum Gasteiger partial charge on any atom is 0.390 e. The van der Waals surface area contributed by atoms with Gasteiger partial charge in [-0.2, -0.15) is 13.2 Å². The highest BCUT2D eigenvalue weighted by atomic mass is 127. The summed E-state index contributed by atoms with van der Waals surface area (Å²) in [5.74, 6) is 0.307. The fourth-order valence-electron chi connectivity index (χ4n) is 1.63. The molecule has 0 spiro atoms. The minimum atomic E-state index is -4.18. The maximum absolute atomic E-state index is 12.1. The molecule has 0 aromatic heterocycles. The zero-order valence-electron chi connectivity index (χ0n) is 11.7. The van der Waals surface area contributed by atoms with Crippen LogP contribution < -0.4 is 10.6 Å². The molecule has 120 valence electrons. The van der Waals surface area contributed by atoms with Crippen LogP contribution in [0.15, 0.2) is 29.3 Å². The number of benzene rings is 1. The lowest BCUT2D eigenvalue weighted by molar-refractivity contribution is -0.132. The third-order valence-electron chi connectivity index (χ3n) is 2.65. The summed E-state index contributed by atoms with van der Waals surface area (Å²) in [6, 6.07) is 7.10. The average Bonchev–Trinajstić information content (AvgIpc) is 2.36. The van der Waals surface area contributed by atoms with Crippen LogP contribution in [0.4, 0.5) is 13.2 Å². The van der Waals surface area contributed by atoms with Gasteiger partial charge in [-0.25, -0.2) is 0 Å². The van der Waals surface area contributed by atoms with Crippen LogP contribution in [0.1, 0.15) is 24.9 Å². The van der Waals surface area contributed by atoms with Crippen molar-refractivity contribution in [2.24, 2.45) is 4.99 Å². The Labute approximate surface area is 144 Å². The summed E-state index contributed by atoms with van der Waals surface area (Å²) in [6.45, 7) is 1.64. The van der Waals surface area contributed by atoms with Crippen LogP contribution in [0.3, 0.4) is 0 Å². The second-order valence-electron chi connectivity index (χ2n) is 4.25. The number of guanidine groups is 1. The van der Waals surface area contributed by atoms with E-state index in [-0.39, 0.29) is 36.6 Å². The van der Waals surface area contributed by atoms with E-state index in [1.807, 2.05) is 25.1 Å². The van der Waals surface area contributed by atoms with E-state index in [4.69, 9.17) is 11.6 Å². The Morgan fingerprint density at radius 2 is 1.95 bits per heavy atom. The molecule has 0 aliphatic carbocycles. The van der Waals surface area contributed by atoms with Crippen LogP contribution in [0.5, 0.6) is 0 Å². The maximum atomic E-state index is 12.1. The summed E-state index contributed by atoms with van der Waals surface area (Å²) in [5.41, 5.74) is 0.855. The van der Waals surface area contributed by atoms with E-state index in [0.717, 1.165) is 5.56 Å². The van der Waals surface area contributed by atoms with Gasteiger partial charge in [-0.15, -0.1) is 24.0 Å². The van der Waals surface area contributed by atoms with Crippen molar-refractivity contribution in [2.45, 2.75) is 25.6 Å². The Balaban J connectivity index is 0.00000400. The Morgan fingerprint density at radius 3 is 2.48 bits per heavy atom. The first-order chi connectivity index (χ1) is 9.33. The molecule has 0 heterocycles. The second-order valence-corrected chi connectivity index (χ2v) is 4.66. The number of rotatable bonds is 4. The molecule has 1 unspecified atom stereocenters. The van der Waals surface area contributed by atoms with Gasteiger partial charge >= 0.3 is 6.18 Å². The molecule has 0 saturated carbocycles. The molecule has 21 heavy (non-hydrogen) atoms. The first-order valence-corrected chi connectivity index (χ1v) is 6.49. The highest BCUT2D eigenvalue weighted by Crippen LogP contribution is 2.22. The second kappa shape index (κ2) is 9.34. The molecule has 0 bridgehead atoms. The fraction of sp³-hybridized carbons (Fsp3) is 0.462. The summed E-state index contributed by atoms with van der Waals surface area (Å²) in [6.07, 6.45) is -5.09. The summed E-state index contributed by atoms with van der Waals surface area (Å²) in [5, 5.41) is 6.21. The molecule has 2 N–H and O–H groups in total. The lowest BCUT2D eigenvalue weighted by Gasteiger charge is -2.19. The van der Waals surface area contributed by atoms with Crippen LogP contribution >= 0.6 is 35.6 Å².